The Morgan fingerprint density at radius 3 is 2.79 bits per heavy atom. The van der Waals surface area contributed by atoms with Crippen LogP contribution in [-0.2, 0) is 29.1 Å². The fourth-order valence-corrected chi connectivity index (χ4v) is 2.50. The molecule has 0 saturated heterocycles. The highest BCUT2D eigenvalue weighted by atomic mass is 19.1. The van der Waals surface area contributed by atoms with Crippen LogP contribution in [-0.4, -0.2) is 19.8 Å². The van der Waals surface area contributed by atoms with Crippen molar-refractivity contribution in [3.63, 3.8) is 0 Å². The van der Waals surface area contributed by atoms with Crippen molar-refractivity contribution < 1.29 is 23.4 Å². The van der Waals surface area contributed by atoms with Crippen molar-refractivity contribution in [3.8, 4) is 11.5 Å². The van der Waals surface area contributed by atoms with Gasteiger partial charge in [-0.1, -0.05) is 12.1 Å². The minimum absolute atomic E-state index is 0.119. The van der Waals surface area contributed by atoms with Gasteiger partial charge in [-0.3, -0.25) is 4.79 Å². The number of rotatable bonds is 6. The molecule has 24 heavy (non-hydrogen) atoms. The molecule has 1 aliphatic rings. The van der Waals surface area contributed by atoms with Gasteiger partial charge in [0.1, 0.15) is 5.82 Å². The summed E-state index contributed by atoms with van der Waals surface area (Å²) >= 11 is 0. The number of methoxy groups -OCH3 is 1. The SMILES string of the molecule is COCc1cc(CNC(=O)Cc2ccc3c(c2)OCO3)ccc1F. The van der Waals surface area contributed by atoms with Crippen molar-refractivity contribution in [1.82, 2.24) is 5.32 Å². The Hall–Kier alpha value is -2.60. The Morgan fingerprint density at radius 1 is 1.17 bits per heavy atom. The molecule has 0 unspecified atom stereocenters. The van der Waals surface area contributed by atoms with E-state index in [-0.39, 0.29) is 31.5 Å². The summed E-state index contributed by atoms with van der Waals surface area (Å²) in [4.78, 5) is 12.1. The van der Waals surface area contributed by atoms with Gasteiger partial charge in [0.15, 0.2) is 11.5 Å². The molecule has 2 aromatic rings. The predicted octanol–water partition coefficient (Wildman–Crippen LogP) is 2.56. The topological polar surface area (TPSA) is 56.8 Å². The monoisotopic (exact) mass is 331 g/mol. The standard InChI is InChI=1S/C18H18FNO4/c1-22-10-14-6-13(2-4-15(14)19)9-20-18(21)8-12-3-5-16-17(7-12)24-11-23-16/h2-7H,8-11H2,1H3,(H,20,21). The van der Waals surface area contributed by atoms with Crippen molar-refractivity contribution in [2.75, 3.05) is 13.9 Å². The fraction of sp³-hybridized carbons (Fsp3) is 0.278. The zero-order chi connectivity index (χ0) is 16.9. The Morgan fingerprint density at radius 2 is 1.96 bits per heavy atom. The van der Waals surface area contributed by atoms with Gasteiger partial charge in [0, 0.05) is 19.2 Å². The van der Waals surface area contributed by atoms with Crippen LogP contribution in [0.25, 0.3) is 0 Å². The molecule has 5 nitrogen and oxygen atoms in total. The average molecular weight is 331 g/mol. The minimum Gasteiger partial charge on any atom is -0.454 e. The average Bonchev–Trinajstić information content (AvgIpc) is 3.03. The van der Waals surface area contributed by atoms with E-state index < -0.39 is 0 Å². The highest BCUT2D eigenvalue weighted by molar-refractivity contribution is 5.78. The van der Waals surface area contributed by atoms with Crippen molar-refractivity contribution >= 4 is 5.91 Å². The molecule has 0 atom stereocenters. The van der Waals surface area contributed by atoms with Crippen molar-refractivity contribution in [2.45, 2.75) is 19.6 Å². The molecule has 3 rings (SSSR count). The van der Waals surface area contributed by atoms with E-state index in [4.69, 9.17) is 14.2 Å². The lowest BCUT2D eigenvalue weighted by Crippen LogP contribution is -2.24. The normalized spacial score (nSPS) is 12.2. The van der Waals surface area contributed by atoms with Crippen LogP contribution in [0, 0.1) is 5.82 Å². The summed E-state index contributed by atoms with van der Waals surface area (Å²) in [6.45, 7) is 0.741. The van der Waals surface area contributed by atoms with Gasteiger partial charge in [0.05, 0.1) is 13.0 Å². The smallest absolute Gasteiger partial charge is 0.231 e. The number of benzene rings is 2. The van der Waals surface area contributed by atoms with Crippen LogP contribution >= 0.6 is 0 Å². The number of halogens is 1. The van der Waals surface area contributed by atoms with E-state index >= 15 is 0 Å². The number of carbonyl (C=O) groups is 1. The van der Waals surface area contributed by atoms with Gasteiger partial charge in [-0.15, -0.1) is 0 Å². The Kier molecular flexibility index (Phi) is 4.96. The maximum atomic E-state index is 13.6. The predicted molar refractivity (Wildman–Crippen MR) is 85.2 cm³/mol. The summed E-state index contributed by atoms with van der Waals surface area (Å²) in [7, 11) is 1.51. The molecule has 1 heterocycles. The first-order chi connectivity index (χ1) is 11.7. The number of fused-ring (bicyclic) bond motifs is 1. The van der Waals surface area contributed by atoms with E-state index in [1.165, 1.54) is 13.2 Å². The zero-order valence-electron chi connectivity index (χ0n) is 13.3. The van der Waals surface area contributed by atoms with E-state index in [0.29, 0.717) is 23.6 Å². The van der Waals surface area contributed by atoms with Crippen LogP contribution in [0.5, 0.6) is 11.5 Å². The summed E-state index contributed by atoms with van der Waals surface area (Å²) in [5.41, 5.74) is 2.14. The van der Waals surface area contributed by atoms with Crippen LogP contribution < -0.4 is 14.8 Å². The number of nitrogens with one attached hydrogen (secondary N) is 1. The number of carbonyl (C=O) groups excluding carboxylic acids is 1. The summed E-state index contributed by atoms with van der Waals surface area (Å²) in [5.74, 6) is 0.915. The number of hydrogen-bond donors (Lipinski definition) is 1. The fourth-order valence-electron chi connectivity index (χ4n) is 2.50. The maximum Gasteiger partial charge on any atom is 0.231 e. The van der Waals surface area contributed by atoms with Gasteiger partial charge in [-0.05, 0) is 35.4 Å². The minimum atomic E-state index is -0.313. The third-order valence-electron chi connectivity index (χ3n) is 3.70. The third-order valence-corrected chi connectivity index (χ3v) is 3.70. The van der Waals surface area contributed by atoms with Crippen LogP contribution in [0.3, 0.4) is 0 Å². The van der Waals surface area contributed by atoms with Crippen LogP contribution in [0.2, 0.25) is 0 Å². The first kappa shape index (κ1) is 16.3. The van der Waals surface area contributed by atoms with Gasteiger partial charge >= 0.3 is 0 Å². The van der Waals surface area contributed by atoms with E-state index in [1.807, 2.05) is 6.07 Å². The quantitative estimate of drug-likeness (QED) is 0.884. The first-order valence-corrected chi connectivity index (χ1v) is 7.57. The highest BCUT2D eigenvalue weighted by Crippen LogP contribution is 2.32. The van der Waals surface area contributed by atoms with Gasteiger partial charge in [-0.2, -0.15) is 0 Å². The molecule has 6 heteroatoms. The molecule has 0 fully saturated rings. The molecule has 0 bridgehead atoms. The Labute approximate surface area is 139 Å². The molecule has 0 aromatic heterocycles. The van der Waals surface area contributed by atoms with Crippen molar-refractivity contribution in [3.05, 3.63) is 58.9 Å². The maximum absolute atomic E-state index is 13.6. The van der Waals surface area contributed by atoms with Gasteiger partial charge < -0.3 is 19.5 Å². The lowest BCUT2D eigenvalue weighted by atomic mass is 10.1. The number of amides is 1. The Bertz CT molecular complexity index is 748. The highest BCUT2D eigenvalue weighted by Gasteiger charge is 2.14. The molecule has 1 N–H and O–H groups in total. The largest absolute Gasteiger partial charge is 0.454 e. The van der Waals surface area contributed by atoms with E-state index in [2.05, 4.69) is 5.32 Å². The summed E-state index contributed by atoms with van der Waals surface area (Å²) in [6.07, 6.45) is 0.239. The molecular formula is C18H18FNO4. The van der Waals surface area contributed by atoms with Crippen molar-refractivity contribution in [2.24, 2.45) is 0 Å². The zero-order valence-corrected chi connectivity index (χ0v) is 13.3. The molecule has 126 valence electrons. The van der Waals surface area contributed by atoms with Crippen LogP contribution in [0.1, 0.15) is 16.7 Å². The molecule has 1 amide bonds. The molecule has 1 aliphatic heterocycles. The summed E-state index contributed by atoms with van der Waals surface area (Å²) < 4.78 is 29.1. The second kappa shape index (κ2) is 7.31. The number of ether oxygens (including phenoxy) is 3. The van der Waals surface area contributed by atoms with E-state index in [1.54, 1.807) is 24.3 Å². The van der Waals surface area contributed by atoms with Gasteiger partial charge in [0.2, 0.25) is 12.7 Å². The van der Waals surface area contributed by atoms with Crippen molar-refractivity contribution in [1.29, 1.82) is 0 Å². The molecule has 0 aliphatic carbocycles. The molecular weight excluding hydrogens is 313 g/mol. The Balaban J connectivity index is 1.57. The lowest BCUT2D eigenvalue weighted by Gasteiger charge is -2.08. The van der Waals surface area contributed by atoms with Crippen LogP contribution in [0.4, 0.5) is 4.39 Å². The van der Waals surface area contributed by atoms with Gasteiger partial charge in [0.25, 0.3) is 0 Å². The molecule has 2 aromatic carbocycles. The molecule has 0 saturated carbocycles. The summed E-state index contributed by atoms with van der Waals surface area (Å²) in [5, 5.41) is 2.83. The van der Waals surface area contributed by atoms with E-state index in [9.17, 15) is 9.18 Å². The second-order valence-corrected chi connectivity index (χ2v) is 5.50. The van der Waals surface area contributed by atoms with E-state index in [0.717, 1.165) is 11.1 Å². The second-order valence-electron chi connectivity index (χ2n) is 5.50. The van der Waals surface area contributed by atoms with Crippen LogP contribution in [0.15, 0.2) is 36.4 Å². The third kappa shape index (κ3) is 3.83. The molecule has 0 spiro atoms. The summed E-state index contributed by atoms with van der Waals surface area (Å²) in [6, 6.07) is 10.2. The molecule has 0 radical (unpaired) electrons. The lowest BCUT2D eigenvalue weighted by molar-refractivity contribution is -0.120. The number of hydrogen-bond acceptors (Lipinski definition) is 4. The van der Waals surface area contributed by atoms with Gasteiger partial charge in [-0.25, -0.2) is 4.39 Å². The first-order valence-electron chi connectivity index (χ1n) is 7.57.